The van der Waals surface area contributed by atoms with Gasteiger partial charge in [-0.15, -0.1) is 0 Å². The van der Waals surface area contributed by atoms with Crippen molar-refractivity contribution in [2.45, 2.75) is 24.1 Å². The number of hydrogen-bond acceptors (Lipinski definition) is 5. The molecule has 2 aromatic heterocycles. The van der Waals surface area contributed by atoms with Crippen LogP contribution in [-0.4, -0.2) is 21.3 Å². The second-order valence-corrected chi connectivity index (χ2v) is 6.28. The molecule has 3 aromatic rings. The standard InChI is InChI=1S/C16H15N3O2S/c1-10-9-14(19-21-10)18-16(20)11(2)22-15-8-7-12-5-3-4-6-13(12)17-15/h3-9,11H,1-2H3,(H,18,19,20). The Morgan fingerprint density at radius 1 is 1.27 bits per heavy atom. The number of nitrogens with zero attached hydrogens (tertiary/aromatic N) is 2. The van der Waals surface area contributed by atoms with E-state index in [2.05, 4.69) is 15.5 Å². The molecule has 1 aromatic carbocycles. The molecule has 0 fully saturated rings. The van der Waals surface area contributed by atoms with Gasteiger partial charge in [0.1, 0.15) is 5.76 Å². The van der Waals surface area contributed by atoms with Gasteiger partial charge in [-0.1, -0.05) is 41.2 Å². The highest BCUT2D eigenvalue weighted by atomic mass is 32.2. The molecule has 2 heterocycles. The fourth-order valence-electron chi connectivity index (χ4n) is 2.00. The van der Waals surface area contributed by atoms with E-state index in [1.54, 1.807) is 13.0 Å². The van der Waals surface area contributed by atoms with E-state index in [1.165, 1.54) is 11.8 Å². The average molecular weight is 313 g/mol. The Hall–Kier alpha value is -2.34. The summed E-state index contributed by atoms with van der Waals surface area (Å²) in [5.74, 6) is 0.960. The molecule has 0 aliphatic rings. The summed E-state index contributed by atoms with van der Waals surface area (Å²) in [5.41, 5.74) is 0.923. The van der Waals surface area contributed by atoms with Crippen molar-refractivity contribution in [3.63, 3.8) is 0 Å². The van der Waals surface area contributed by atoms with Gasteiger partial charge in [-0.3, -0.25) is 4.79 Å². The summed E-state index contributed by atoms with van der Waals surface area (Å²) >= 11 is 1.41. The number of fused-ring (bicyclic) bond motifs is 1. The topological polar surface area (TPSA) is 68.0 Å². The molecule has 5 nitrogen and oxygen atoms in total. The number of pyridine rings is 1. The molecule has 0 bridgehead atoms. The average Bonchev–Trinajstić information content (AvgIpc) is 2.92. The number of aryl methyl sites for hydroxylation is 1. The number of thioether (sulfide) groups is 1. The first-order valence-corrected chi connectivity index (χ1v) is 7.76. The Kier molecular flexibility index (Phi) is 4.11. The second-order valence-electron chi connectivity index (χ2n) is 4.91. The number of nitrogens with one attached hydrogen (secondary N) is 1. The molecule has 0 radical (unpaired) electrons. The molecule has 1 atom stereocenters. The van der Waals surface area contributed by atoms with Gasteiger partial charge in [-0.25, -0.2) is 4.98 Å². The number of aromatic nitrogens is 2. The number of carbonyl (C=O) groups excluding carboxylic acids is 1. The third kappa shape index (κ3) is 3.28. The van der Waals surface area contributed by atoms with Crippen molar-refractivity contribution < 1.29 is 9.32 Å². The van der Waals surface area contributed by atoms with Gasteiger partial charge in [0.25, 0.3) is 0 Å². The van der Waals surface area contributed by atoms with Crippen LogP contribution in [0.25, 0.3) is 10.9 Å². The van der Waals surface area contributed by atoms with E-state index in [4.69, 9.17) is 4.52 Å². The SMILES string of the molecule is Cc1cc(NC(=O)C(C)Sc2ccc3ccccc3n2)no1. The van der Waals surface area contributed by atoms with Gasteiger partial charge in [-0.2, -0.15) is 0 Å². The zero-order chi connectivity index (χ0) is 15.5. The first-order chi connectivity index (χ1) is 10.6. The number of hydrogen-bond donors (Lipinski definition) is 1. The normalized spacial score (nSPS) is 12.3. The number of para-hydroxylation sites is 1. The maximum absolute atomic E-state index is 12.1. The number of carbonyl (C=O) groups is 1. The lowest BCUT2D eigenvalue weighted by molar-refractivity contribution is -0.115. The van der Waals surface area contributed by atoms with Crippen molar-refractivity contribution in [2.75, 3.05) is 5.32 Å². The molecule has 1 amide bonds. The summed E-state index contributed by atoms with van der Waals surface area (Å²) < 4.78 is 4.93. The Balaban J connectivity index is 1.69. The van der Waals surface area contributed by atoms with Crippen LogP contribution >= 0.6 is 11.8 Å². The van der Waals surface area contributed by atoms with E-state index in [1.807, 2.05) is 43.3 Å². The predicted molar refractivity (Wildman–Crippen MR) is 86.9 cm³/mol. The molecular weight excluding hydrogens is 298 g/mol. The highest BCUT2D eigenvalue weighted by Gasteiger charge is 2.16. The Morgan fingerprint density at radius 3 is 2.86 bits per heavy atom. The van der Waals surface area contributed by atoms with E-state index >= 15 is 0 Å². The lowest BCUT2D eigenvalue weighted by Crippen LogP contribution is -2.22. The largest absolute Gasteiger partial charge is 0.360 e. The minimum atomic E-state index is -0.286. The molecule has 0 saturated carbocycles. The van der Waals surface area contributed by atoms with Crippen LogP contribution in [0, 0.1) is 6.92 Å². The first-order valence-electron chi connectivity index (χ1n) is 6.88. The minimum Gasteiger partial charge on any atom is -0.360 e. The molecule has 1 N–H and O–H groups in total. The van der Waals surface area contributed by atoms with Gasteiger partial charge in [0.2, 0.25) is 5.91 Å². The van der Waals surface area contributed by atoms with Crippen molar-refractivity contribution in [3.8, 4) is 0 Å². The van der Waals surface area contributed by atoms with Gasteiger partial charge in [0, 0.05) is 11.5 Å². The molecule has 0 aliphatic heterocycles. The minimum absolute atomic E-state index is 0.131. The zero-order valence-corrected chi connectivity index (χ0v) is 13.1. The molecule has 0 spiro atoms. The van der Waals surface area contributed by atoms with Crippen LogP contribution < -0.4 is 5.32 Å². The van der Waals surface area contributed by atoms with Crippen LogP contribution in [0.1, 0.15) is 12.7 Å². The summed E-state index contributed by atoms with van der Waals surface area (Å²) in [6, 6.07) is 13.5. The van der Waals surface area contributed by atoms with Crippen molar-refractivity contribution in [1.82, 2.24) is 10.1 Å². The molecule has 1 unspecified atom stereocenters. The van der Waals surface area contributed by atoms with Crippen LogP contribution in [0.15, 0.2) is 52.0 Å². The highest BCUT2D eigenvalue weighted by Crippen LogP contribution is 2.24. The van der Waals surface area contributed by atoms with Crippen molar-refractivity contribution in [1.29, 1.82) is 0 Å². The van der Waals surface area contributed by atoms with E-state index in [0.717, 1.165) is 15.9 Å². The summed E-state index contributed by atoms with van der Waals surface area (Å²) in [6.07, 6.45) is 0. The first kappa shape index (κ1) is 14.6. The summed E-state index contributed by atoms with van der Waals surface area (Å²) in [4.78, 5) is 16.7. The van der Waals surface area contributed by atoms with Crippen LogP contribution in [0.3, 0.4) is 0 Å². The Morgan fingerprint density at radius 2 is 2.09 bits per heavy atom. The summed E-state index contributed by atoms with van der Waals surface area (Å²) in [7, 11) is 0. The summed E-state index contributed by atoms with van der Waals surface area (Å²) in [6.45, 7) is 3.61. The Bertz CT molecular complexity index is 816. The van der Waals surface area contributed by atoms with E-state index in [0.29, 0.717) is 11.6 Å². The van der Waals surface area contributed by atoms with Crippen molar-refractivity contribution >= 4 is 34.4 Å². The molecule has 3 rings (SSSR count). The maximum Gasteiger partial charge on any atom is 0.238 e. The van der Waals surface area contributed by atoms with Crippen LogP contribution in [0.5, 0.6) is 0 Å². The smallest absolute Gasteiger partial charge is 0.238 e. The lowest BCUT2D eigenvalue weighted by atomic mass is 10.2. The van der Waals surface area contributed by atoms with Gasteiger partial charge >= 0.3 is 0 Å². The van der Waals surface area contributed by atoms with Gasteiger partial charge in [0.15, 0.2) is 5.82 Å². The zero-order valence-electron chi connectivity index (χ0n) is 12.2. The third-order valence-corrected chi connectivity index (χ3v) is 4.16. The fraction of sp³-hybridized carbons (Fsp3) is 0.188. The monoisotopic (exact) mass is 313 g/mol. The van der Waals surface area contributed by atoms with Gasteiger partial charge in [0.05, 0.1) is 15.8 Å². The van der Waals surface area contributed by atoms with Crippen molar-refractivity contribution in [3.05, 3.63) is 48.2 Å². The second kappa shape index (κ2) is 6.19. The number of benzene rings is 1. The molecular formula is C16H15N3O2S. The third-order valence-electron chi connectivity index (χ3n) is 3.12. The van der Waals surface area contributed by atoms with Crippen LogP contribution in [-0.2, 0) is 4.79 Å². The van der Waals surface area contributed by atoms with Crippen molar-refractivity contribution in [2.24, 2.45) is 0 Å². The summed E-state index contributed by atoms with van der Waals surface area (Å²) in [5, 5.41) is 8.10. The maximum atomic E-state index is 12.1. The molecule has 0 aliphatic carbocycles. The van der Waals surface area contributed by atoms with E-state index < -0.39 is 0 Å². The molecule has 22 heavy (non-hydrogen) atoms. The fourth-order valence-corrected chi connectivity index (χ4v) is 2.83. The van der Waals surface area contributed by atoms with Crippen LogP contribution in [0.2, 0.25) is 0 Å². The number of amides is 1. The number of anilines is 1. The van der Waals surface area contributed by atoms with Crippen LogP contribution in [0.4, 0.5) is 5.82 Å². The van der Waals surface area contributed by atoms with E-state index in [9.17, 15) is 4.79 Å². The predicted octanol–water partition coefficient (Wildman–Crippen LogP) is 3.65. The molecule has 6 heteroatoms. The van der Waals surface area contributed by atoms with Gasteiger partial charge in [-0.05, 0) is 26.0 Å². The van der Waals surface area contributed by atoms with E-state index in [-0.39, 0.29) is 11.2 Å². The van der Waals surface area contributed by atoms with Gasteiger partial charge < -0.3 is 9.84 Å². The quantitative estimate of drug-likeness (QED) is 0.745. The highest BCUT2D eigenvalue weighted by molar-refractivity contribution is 8.00. The lowest BCUT2D eigenvalue weighted by Gasteiger charge is -2.10. The Labute approximate surface area is 132 Å². The number of rotatable bonds is 4. The molecule has 0 saturated heterocycles. The molecule has 112 valence electrons.